The Hall–Kier alpha value is -2.23. The Labute approximate surface area is 111 Å². The fourth-order valence-electron chi connectivity index (χ4n) is 1.27. The van der Waals surface area contributed by atoms with E-state index in [9.17, 15) is 9.59 Å². The summed E-state index contributed by atoms with van der Waals surface area (Å²) in [4.78, 5) is 24.7. The normalized spacial score (nSPS) is 10.4. The second kappa shape index (κ2) is 6.09. The van der Waals surface area contributed by atoms with Crippen LogP contribution in [0.5, 0.6) is 0 Å². The summed E-state index contributed by atoms with van der Waals surface area (Å²) in [6.07, 6.45) is 0.830. The van der Waals surface area contributed by atoms with Crippen molar-refractivity contribution in [3.63, 3.8) is 0 Å². The summed E-state index contributed by atoms with van der Waals surface area (Å²) in [5.41, 5.74) is -0.404. The van der Waals surface area contributed by atoms with Crippen molar-refractivity contribution in [2.24, 2.45) is 0 Å². The first-order chi connectivity index (χ1) is 9.17. The van der Waals surface area contributed by atoms with Crippen LogP contribution in [0.4, 0.5) is 4.79 Å². The lowest BCUT2D eigenvalue weighted by molar-refractivity contribution is 0.240. The Bertz CT molecular complexity index is 601. The van der Waals surface area contributed by atoms with E-state index in [1.165, 1.54) is 11.3 Å². The number of aromatic nitrogens is 5. The molecule has 2 aromatic heterocycles. The summed E-state index contributed by atoms with van der Waals surface area (Å²) >= 11 is 1.46. The zero-order chi connectivity index (χ0) is 13.7. The number of carbonyl (C=O) groups excluding carboxylic acids is 1. The fourth-order valence-corrected chi connectivity index (χ4v) is 2.00. The Morgan fingerprint density at radius 2 is 2.00 bits per heavy atom. The molecule has 10 heteroatoms. The smallest absolute Gasteiger partial charge is 0.332 e. The Morgan fingerprint density at radius 1 is 1.26 bits per heavy atom. The zero-order valence-electron chi connectivity index (χ0n) is 10.2. The predicted molar refractivity (Wildman–Crippen MR) is 67.6 cm³/mol. The zero-order valence-corrected chi connectivity index (χ0v) is 11.0. The maximum absolute atomic E-state index is 11.5. The fraction of sp³-hybridized carbons (Fsp3) is 0.444. The van der Waals surface area contributed by atoms with Crippen LogP contribution in [0.3, 0.4) is 0 Å². The van der Waals surface area contributed by atoms with Gasteiger partial charge in [-0.2, -0.15) is 5.10 Å². The number of urea groups is 1. The van der Waals surface area contributed by atoms with Gasteiger partial charge in [-0.1, -0.05) is 18.3 Å². The average Bonchev–Trinajstić information content (AvgIpc) is 3.02. The molecule has 2 amide bonds. The number of nitrogens with zero attached hydrogens (tertiary/aromatic N) is 3. The van der Waals surface area contributed by atoms with Crippen molar-refractivity contribution in [2.45, 2.75) is 26.4 Å². The monoisotopic (exact) mass is 283 g/mol. The topological polar surface area (TPSA) is 128 Å². The van der Waals surface area contributed by atoms with Gasteiger partial charge < -0.3 is 10.6 Å². The molecule has 0 radical (unpaired) electrons. The molecule has 102 valence electrons. The Morgan fingerprint density at radius 3 is 2.63 bits per heavy atom. The third-order valence-corrected chi connectivity index (χ3v) is 3.25. The lowest BCUT2D eigenvalue weighted by Crippen LogP contribution is -2.34. The first kappa shape index (κ1) is 13.2. The van der Waals surface area contributed by atoms with Crippen molar-refractivity contribution in [1.82, 2.24) is 36.0 Å². The number of carbonyl (C=O) groups is 1. The van der Waals surface area contributed by atoms with E-state index < -0.39 is 5.69 Å². The van der Waals surface area contributed by atoms with Crippen molar-refractivity contribution in [3.05, 3.63) is 26.3 Å². The van der Waals surface area contributed by atoms with E-state index in [2.05, 4.69) is 36.0 Å². The molecule has 0 unspecified atom stereocenters. The van der Waals surface area contributed by atoms with E-state index in [-0.39, 0.29) is 12.6 Å². The van der Waals surface area contributed by atoms with Gasteiger partial charge in [-0.3, -0.25) is 4.98 Å². The van der Waals surface area contributed by atoms with Gasteiger partial charge in [0.05, 0.1) is 13.1 Å². The molecule has 2 rings (SSSR count). The molecule has 0 saturated heterocycles. The van der Waals surface area contributed by atoms with E-state index >= 15 is 0 Å². The van der Waals surface area contributed by atoms with Gasteiger partial charge in [-0.25, -0.2) is 14.7 Å². The van der Waals surface area contributed by atoms with Crippen molar-refractivity contribution in [1.29, 1.82) is 0 Å². The molecular weight excluding hydrogens is 270 g/mol. The highest BCUT2D eigenvalue weighted by atomic mass is 32.1. The number of aryl methyl sites for hydroxylation is 1. The van der Waals surface area contributed by atoms with Crippen LogP contribution in [0.15, 0.2) is 4.79 Å². The van der Waals surface area contributed by atoms with Crippen molar-refractivity contribution in [3.8, 4) is 0 Å². The minimum Gasteiger partial charge on any atom is -0.332 e. The molecule has 19 heavy (non-hydrogen) atoms. The Kier molecular flexibility index (Phi) is 4.23. The van der Waals surface area contributed by atoms with E-state index in [4.69, 9.17) is 0 Å². The standard InChI is InChI=1S/C9H13N7O2S/c1-2-6-14-15-7(19-6)4-11-8(17)10-3-5-12-9(18)16-13-5/h2-4H2,1H3,(H2,10,11,17)(H2,12,13,16,18). The van der Waals surface area contributed by atoms with E-state index in [1.54, 1.807) is 0 Å². The van der Waals surface area contributed by atoms with Gasteiger partial charge in [0.1, 0.15) is 15.8 Å². The summed E-state index contributed by atoms with van der Waals surface area (Å²) in [6.45, 7) is 2.45. The van der Waals surface area contributed by atoms with E-state index in [1.807, 2.05) is 6.92 Å². The number of aromatic amines is 2. The molecule has 0 aromatic carbocycles. The second-order valence-electron chi connectivity index (χ2n) is 3.60. The quantitative estimate of drug-likeness (QED) is 0.588. The van der Waals surface area contributed by atoms with Crippen LogP contribution in [0.1, 0.15) is 22.8 Å². The van der Waals surface area contributed by atoms with E-state index in [0.717, 1.165) is 16.4 Å². The minimum absolute atomic E-state index is 0.140. The van der Waals surface area contributed by atoms with Crippen LogP contribution in [0, 0.1) is 0 Å². The van der Waals surface area contributed by atoms with Gasteiger partial charge in [0.25, 0.3) is 0 Å². The minimum atomic E-state index is -0.404. The lowest BCUT2D eigenvalue weighted by atomic mass is 10.5. The summed E-state index contributed by atoms with van der Waals surface area (Å²) in [7, 11) is 0. The summed E-state index contributed by atoms with van der Waals surface area (Å²) in [6, 6.07) is -0.364. The number of amides is 2. The van der Waals surface area contributed by atoms with Crippen molar-refractivity contribution in [2.75, 3.05) is 0 Å². The van der Waals surface area contributed by atoms with Gasteiger partial charge in [0.2, 0.25) is 0 Å². The molecule has 0 atom stereocenters. The first-order valence-electron chi connectivity index (χ1n) is 5.64. The maximum Gasteiger partial charge on any atom is 0.340 e. The second-order valence-corrected chi connectivity index (χ2v) is 4.75. The van der Waals surface area contributed by atoms with Crippen molar-refractivity contribution >= 4 is 17.4 Å². The first-order valence-corrected chi connectivity index (χ1v) is 6.45. The molecule has 0 saturated carbocycles. The largest absolute Gasteiger partial charge is 0.340 e. The molecule has 2 aromatic rings. The highest BCUT2D eigenvalue weighted by Gasteiger charge is 2.06. The molecule has 0 fully saturated rings. The highest BCUT2D eigenvalue weighted by molar-refractivity contribution is 7.11. The number of hydrogen-bond donors (Lipinski definition) is 4. The third-order valence-electron chi connectivity index (χ3n) is 2.18. The highest BCUT2D eigenvalue weighted by Crippen LogP contribution is 2.09. The van der Waals surface area contributed by atoms with Crippen LogP contribution in [-0.4, -0.2) is 31.4 Å². The summed E-state index contributed by atoms with van der Waals surface area (Å²) in [5, 5.41) is 20.7. The number of rotatable bonds is 5. The van der Waals surface area contributed by atoms with Crippen LogP contribution in [-0.2, 0) is 19.5 Å². The van der Waals surface area contributed by atoms with Crippen LogP contribution in [0.25, 0.3) is 0 Å². The van der Waals surface area contributed by atoms with Gasteiger partial charge in [0, 0.05) is 0 Å². The van der Waals surface area contributed by atoms with Gasteiger partial charge in [-0.15, -0.1) is 10.2 Å². The molecule has 4 N–H and O–H groups in total. The van der Waals surface area contributed by atoms with Gasteiger partial charge in [-0.05, 0) is 6.42 Å². The summed E-state index contributed by atoms with van der Waals surface area (Å²) in [5.74, 6) is 0.365. The molecule has 0 aliphatic heterocycles. The molecular formula is C9H13N7O2S. The SMILES string of the molecule is CCc1nnc(CNC(=O)NCc2n[nH]c(=O)[nH]2)s1. The molecule has 2 heterocycles. The van der Waals surface area contributed by atoms with Crippen molar-refractivity contribution < 1.29 is 4.79 Å². The molecule has 0 spiro atoms. The third kappa shape index (κ3) is 3.88. The predicted octanol–water partition coefficient (Wildman–Crippen LogP) is -0.489. The lowest BCUT2D eigenvalue weighted by Gasteiger charge is -2.03. The van der Waals surface area contributed by atoms with Crippen LogP contribution >= 0.6 is 11.3 Å². The number of H-pyrrole nitrogens is 2. The van der Waals surface area contributed by atoms with Gasteiger partial charge in [0.15, 0.2) is 0 Å². The molecule has 0 aliphatic rings. The van der Waals surface area contributed by atoms with E-state index in [0.29, 0.717) is 12.4 Å². The number of nitrogens with one attached hydrogen (secondary N) is 4. The van der Waals surface area contributed by atoms with Gasteiger partial charge >= 0.3 is 11.7 Å². The maximum atomic E-state index is 11.5. The summed E-state index contributed by atoms with van der Waals surface area (Å²) < 4.78 is 0. The molecule has 9 nitrogen and oxygen atoms in total. The average molecular weight is 283 g/mol. The number of hydrogen-bond acceptors (Lipinski definition) is 6. The molecule has 0 bridgehead atoms. The Balaban J connectivity index is 1.74. The molecule has 0 aliphatic carbocycles. The van der Waals surface area contributed by atoms with Crippen LogP contribution < -0.4 is 16.3 Å². The van der Waals surface area contributed by atoms with Crippen LogP contribution in [0.2, 0.25) is 0 Å².